The Morgan fingerprint density at radius 1 is 1.00 bits per heavy atom. The van der Waals surface area contributed by atoms with E-state index in [1.165, 1.54) is 11.1 Å². The van der Waals surface area contributed by atoms with Crippen molar-refractivity contribution in [3.05, 3.63) is 89.5 Å². The van der Waals surface area contributed by atoms with E-state index in [1.54, 1.807) is 23.8 Å². The monoisotopic (exact) mass is 462 g/mol. The fourth-order valence-electron chi connectivity index (χ4n) is 4.00. The van der Waals surface area contributed by atoms with Crippen molar-refractivity contribution in [2.24, 2.45) is 0 Å². The van der Waals surface area contributed by atoms with Crippen LogP contribution in [0.5, 0.6) is 5.75 Å². The highest BCUT2D eigenvalue weighted by molar-refractivity contribution is 7.99. The van der Waals surface area contributed by atoms with Crippen molar-refractivity contribution in [3.8, 4) is 5.75 Å². The van der Waals surface area contributed by atoms with E-state index >= 15 is 0 Å². The molecular formula is C27H30N2O3S. The zero-order valence-electron chi connectivity index (χ0n) is 19.3. The van der Waals surface area contributed by atoms with Gasteiger partial charge in [-0.1, -0.05) is 48.5 Å². The van der Waals surface area contributed by atoms with Gasteiger partial charge in [0, 0.05) is 18.0 Å². The van der Waals surface area contributed by atoms with E-state index in [4.69, 9.17) is 4.74 Å². The Kier molecular flexibility index (Phi) is 7.38. The molecule has 0 unspecified atom stereocenters. The molecule has 0 saturated heterocycles. The maximum atomic E-state index is 13.4. The minimum atomic E-state index is -1.14. The third-order valence-electron chi connectivity index (χ3n) is 5.84. The number of likely N-dealkylation sites (N-methyl/N-ethyl adjacent to an activating group) is 1. The summed E-state index contributed by atoms with van der Waals surface area (Å²) in [5.41, 5.74) is 4.18. The second-order valence-electron chi connectivity index (χ2n) is 8.51. The predicted molar refractivity (Wildman–Crippen MR) is 134 cm³/mol. The molecule has 0 saturated carbocycles. The van der Waals surface area contributed by atoms with E-state index in [0.717, 1.165) is 28.3 Å². The lowest BCUT2D eigenvalue weighted by molar-refractivity contribution is -0.126. The first-order valence-electron chi connectivity index (χ1n) is 11.1. The zero-order chi connectivity index (χ0) is 23.4. The molecule has 1 amide bonds. The summed E-state index contributed by atoms with van der Waals surface area (Å²) in [6, 6.07) is 24.2. The number of hydrogen-bond acceptors (Lipinski definition) is 5. The maximum absolute atomic E-state index is 13.4. The van der Waals surface area contributed by atoms with Gasteiger partial charge in [-0.05, 0) is 61.5 Å². The first kappa shape index (κ1) is 23.4. The Morgan fingerprint density at radius 2 is 1.73 bits per heavy atom. The van der Waals surface area contributed by atoms with E-state index in [0.29, 0.717) is 13.1 Å². The highest BCUT2D eigenvalue weighted by atomic mass is 32.2. The van der Waals surface area contributed by atoms with E-state index in [1.807, 2.05) is 67.5 Å². The average molecular weight is 463 g/mol. The molecule has 1 aliphatic heterocycles. The van der Waals surface area contributed by atoms with Crippen molar-refractivity contribution in [3.63, 3.8) is 0 Å². The third kappa shape index (κ3) is 5.41. The van der Waals surface area contributed by atoms with Crippen LogP contribution in [0.25, 0.3) is 0 Å². The molecule has 3 aromatic rings. The van der Waals surface area contributed by atoms with Crippen molar-refractivity contribution < 1.29 is 14.6 Å². The fourth-order valence-corrected chi connectivity index (χ4v) is 5.33. The summed E-state index contributed by atoms with van der Waals surface area (Å²) < 4.78 is 5.28. The van der Waals surface area contributed by atoms with Crippen molar-refractivity contribution in [2.45, 2.75) is 22.7 Å². The van der Waals surface area contributed by atoms with Gasteiger partial charge in [-0.3, -0.25) is 4.79 Å². The van der Waals surface area contributed by atoms with E-state index in [9.17, 15) is 9.90 Å². The summed E-state index contributed by atoms with van der Waals surface area (Å²) in [7, 11) is 5.59. The molecule has 2 atom stereocenters. The highest BCUT2D eigenvalue weighted by Crippen LogP contribution is 2.46. The molecule has 33 heavy (non-hydrogen) atoms. The van der Waals surface area contributed by atoms with Crippen LogP contribution in [0, 0.1) is 0 Å². The lowest BCUT2D eigenvalue weighted by Crippen LogP contribution is -2.43. The molecule has 0 fully saturated rings. The van der Waals surface area contributed by atoms with Gasteiger partial charge in [-0.15, -0.1) is 11.8 Å². The second-order valence-corrected chi connectivity index (χ2v) is 9.70. The lowest BCUT2D eigenvalue weighted by Gasteiger charge is -2.26. The van der Waals surface area contributed by atoms with Crippen LogP contribution in [-0.4, -0.2) is 56.3 Å². The summed E-state index contributed by atoms with van der Waals surface area (Å²) in [5.74, 6) is 0.482. The van der Waals surface area contributed by atoms with Gasteiger partial charge in [0.25, 0.3) is 5.91 Å². The van der Waals surface area contributed by atoms with Crippen LogP contribution in [0.15, 0.2) is 77.7 Å². The number of rotatable bonds is 7. The summed E-state index contributed by atoms with van der Waals surface area (Å²) in [6.45, 7) is 1.23. The van der Waals surface area contributed by atoms with Crippen molar-refractivity contribution in [2.75, 3.05) is 39.2 Å². The van der Waals surface area contributed by atoms with Crippen molar-refractivity contribution in [1.82, 2.24) is 4.90 Å². The fraction of sp³-hybridized carbons (Fsp3) is 0.296. The van der Waals surface area contributed by atoms with Gasteiger partial charge in [0.15, 0.2) is 0 Å². The number of thioether (sulfide) groups is 1. The molecule has 0 spiro atoms. The molecule has 0 aromatic heterocycles. The number of aliphatic hydroxyl groups excluding tert-OH is 1. The molecule has 0 bridgehead atoms. The molecule has 3 aromatic carbocycles. The van der Waals surface area contributed by atoms with Gasteiger partial charge in [0.2, 0.25) is 0 Å². The number of carbonyl (C=O) groups excluding carboxylic acids is 1. The van der Waals surface area contributed by atoms with Gasteiger partial charge in [0.1, 0.15) is 11.9 Å². The Hall–Kier alpha value is -2.80. The van der Waals surface area contributed by atoms with Gasteiger partial charge < -0.3 is 19.6 Å². The van der Waals surface area contributed by atoms with Crippen LogP contribution in [0.4, 0.5) is 5.69 Å². The number of amides is 1. The normalized spacial score (nSPS) is 18.2. The second kappa shape index (κ2) is 10.4. The third-order valence-corrected chi connectivity index (χ3v) is 7.21. The minimum Gasteiger partial charge on any atom is -0.497 e. The molecule has 5 nitrogen and oxygen atoms in total. The molecule has 0 aliphatic carbocycles. The van der Waals surface area contributed by atoms with Gasteiger partial charge in [-0.2, -0.15) is 0 Å². The Bertz CT molecular complexity index is 1090. The summed E-state index contributed by atoms with van der Waals surface area (Å²) in [6.07, 6.45) is -0.327. The summed E-state index contributed by atoms with van der Waals surface area (Å²) in [4.78, 5) is 18.2. The number of fused-ring (bicyclic) bond motifs is 1. The molecule has 1 aliphatic rings. The largest absolute Gasteiger partial charge is 0.497 e. The Balaban J connectivity index is 1.72. The topological polar surface area (TPSA) is 53.0 Å². The molecular weight excluding hydrogens is 432 g/mol. The number of ether oxygens (including phenoxy) is 1. The quantitative estimate of drug-likeness (QED) is 0.565. The van der Waals surface area contributed by atoms with E-state index in [2.05, 4.69) is 24.3 Å². The number of methoxy groups -OCH3 is 1. The van der Waals surface area contributed by atoms with Gasteiger partial charge >= 0.3 is 0 Å². The number of benzene rings is 3. The Morgan fingerprint density at radius 3 is 2.39 bits per heavy atom. The number of anilines is 1. The van der Waals surface area contributed by atoms with Gasteiger partial charge in [-0.25, -0.2) is 0 Å². The predicted octanol–water partition coefficient (Wildman–Crippen LogP) is 4.39. The number of hydrogen-bond donors (Lipinski definition) is 1. The van der Waals surface area contributed by atoms with Crippen LogP contribution in [-0.2, 0) is 11.2 Å². The average Bonchev–Trinajstić information content (AvgIpc) is 2.93. The number of nitrogens with zero attached hydrogens (tertiary/aromatic N) is 2. The van der Waals surface area contributed by atoms with Gasteiger partial charge in [0.05, 0.1) is 18.0 Å². The first-order chi connectivity index (χ1) is 16.0. The minimum absolute atomic E-state index is 0.264. The molecule has 6 heteroatoms. The van der Waals surface area contributed by atoms with Crippen LogP contribution in [0.3, 0.4) is 0 Å². The number of aliphatic hydroxyl groups is 1. The standard InChI is InChI=1S/C27H30N2O3S/c1-28(2)15-16-29-23-14-9-20(17-19-7-5-4-6-8-19)18-24(23)33-26(25(30)27(29)31)21-10-12-22(32-3)13-11-21/h4-14,18,25-26,30H,15-17H2,1-3H3/t25-,26+/m1/s1. The highest BCUT2D eigenvalue weighted by Gasteiger charge is 2.37. The van der Waals surface area contributed by atoms with E-state index in [-0.39, 0.29) is 5.91 Å². The van der Waals surface area contributed by atoms with Crippen LogP contribution in [0.1, 0.15) is 21.9 Å². The van der Waals surface area contributed by atoms with Crippen LogP contribution < -0.4 is 9.64 Å². The zero-order valence-corrected chi connectivity index (χ0v) is 20.1. The molecule has 1 N–H and O–H groups in total. The molecule has 1 heterocycles. The van der Waals surface area contributed by atoms with E-state index < -0.39 is 11.4 Å². The van der Waals surface area contributed by atoms with Crippen LogP contribution >= 0.6 is 11.8 Å². The maximum Gasteiger partial charge on any atom is 0.257 e. The SMILES string of the molecule is COc1ccc([C@@H]2Sc3cc(Cc4ccccc4)ccc3N(CCN(C)C)C(=O)[C@@H]2O)cc1. The summed E-state index contributed by atoms with van der Waals surface area (Å²) in [5, 5.41) is 10.7. The Labute approximate surface area is 200 Å². The molecule has 172 valence electrons. The first-order valence-corrected chi connectivity index (χ1v) is 12.0. The van der Waals surface area contributed by atoms with Crippen LogP contribution in [0.2, 0.25) is 0 Å². The van der Waals surface area contributed by atoms with Crippen molar-refractivity contribution in [1.29, 1.82) is 0 Å². The number of carbonyl (C=O) groups is 1. The molecule has 4 rings (SSSR count). The molecule has 0 radical (unpaired) electrons. The lowest BCUT2D eigenvalue weighted by atomic mass is 10.0. The summed E-state index contributed by atoms with van der Waals surface area (Å²) >= 11 is 1.55. The van der Waals surface area contributed by atoms with Crippen molar-refractivity contribution >= 4 is 23.4 Å². The smallest absolute Gasteiger partial charge is 0.257 e.